The van der Waals surface area contributed by atoms with E-state index in [1.165, 1.54) is 11.3 Å². The Balaban J connectivity index is 1.98. The monoisotopic (exact) mass is 281 g/mol. The van der Waals surface area contributed by atoms with Crippen LogP contribution in [0.2, 0.25) is 0 Å². The molecule has 3 rings (SSSR count). The van der Waals surface area contributed by atoms with Crippen LogP contribution >= 0.6 is 11.3 Å². The molecule has 0 atom stereocenters. The fourth-order valence-corrected chi connectivity index (χ4v) is 2.52. The second-order valence-electron chi connectivity index (χ2n) is 4.25. The van der Waals surface area contributed by atoms with Gasteiger partial charge in [0.25, 0.3) is 0 Å². The summed E-state index contributed by atoms with van der Waals surface area (Å²) in [5.41, 5.74) is 1.93. The van der Waals surface area contributed by atoms with Gasteiger partial charge in [0, 0.05) is 22.8 Å². The molecule has 0 unspecified atom stereocenters. The van der Waals surface area contributed by atoms with Crippen molar-refractivity contribution in [1.29, 1.82) is 0 Å². The van der Waals surface area contributed by atoms with Crippen LogP contribution in [0, 0.1) is 6.92 Å². The Labute approximate surface area is 120 Å². The first-order valence-electron chi connectivity index (χ1n) is 6.09. The van der Waals surface area contributed by atoms with Gasteiger partial charge >= 0.3 is 0 Å². The van der Waals surface area contributed by atoms with Gasteiger partial charge in [-0.2, -0.15) is 0 Å². The minimum absolute atomic E-state index is 0.109. The molecule has 0 fully saturated rings. The molecule has 0 saturated heterocycles. The Kier molecular flexibility index (Phi) is 3.35. The topological polar surface area (TPSA) is 55.7 Å². The predicted molar refractivity (Wildman–Crippen MR) is 77.8 cm³/mol. The normalized spacial score (nSPS) is 10.4. The molecular weight excluding hydrogens is 270 g/mol. The molecule has 4 nitrogen and oxygen atoms in total. The van der Waals surface area contributed by atoms with Crippen LogP contribution in [0.5, 0.6) is 0 Å². The summed E-state index contributed by atoms with van der Waals surface area (Å²) in [6.07, 6.45) is 1.59. The van der Waals surface area contributed by atoms with E-state index >= 15 is 0 Å². The van der Waals surface area contributed by atoms with E-state index in [0.717, 1.165) is 10.7 Å². The van der Waals surface area contributed by atoms with Crippen molar-refractivity contribution in [1.82, 2.24) is 15.0 Å². The lowest BCUT2D eigenvalue weighted by Crippen LogP contribution is -2.05. The number of benzene rings is 1. The number of aryl methyl sites for hydroxylation is 1. The summed E-state index contributed by atoms with van der Waals surface area (Å²) in [4.78, 5) is 25.2. The number of hydrogen-bond acceptors (Lipinski definition) is 5. The zero-order valence-electron chi connectivity index (χ0n) is 10.8. The summed E-state index contributed by atoms with van der Waals surface area (Å²) in [5, 5.41) is 2.66. The molecule has 20 heavy (non-hydrogen) atoms. The van der Waals surface area contributed by atoms with Gasteiger partial charge < -0.3 is 0 Å². The van der Waals surface area contributed by atoms with Crippen molar-refractivity contribution in [2.45, 2.75) is 6.92 Å². The van der Waals surface area contributed by atoms with Gasteiger partial charge in [-0.25, -0.2) is 15.0 Å². The molecule has 0 spiro atoms. The van der Waals surface area contributed by atoms with Gasteiger partial charge in [0.2, 0.25) is 5.78 Å². The number of thiazole rings is 1. The molecule has 0 aliphatic heterocycles. The highest BCUT2D eigenvalue weighted by molar-refractivity contribution is 7.13. The van der Waals surface area contributed by atoms with Gasteiger partial charge in [-0.05, 0) is 13.0 Å². The van der Waals surface area contributed by atoms with Gasteiger partial charge in [-0.3, -0.25) is 4.79 Å². The van der Waals surface area contributed by atoms with Crippen molar-refractivity contribution in [2.75, 3.05) is 0 Å². The molecule has 5 heteroatoms. The summed E-state index contributed by atoms with van der Waals surface area (Å²) in [7, 11) is 0. The summed E-state index contributed by atoms with van der Waals surface area (Å²) in [6.45, 7) is 1.92. The average Bonchev–Trinajstić information content (AvgIpc) is 2.94. The van der Waals surface area contributed by atoms with Gasteiger partial charge in [0.05, 0.1) is 0 Å². The van der Waals surface area contributed by atoms with Crippen molar-refractivity contribution in [3.8, 4) is 10.8 Å². The number of hydrogen-bond donors (Lipinski definition) is 0. The fraction of sp³-hybridized carbons (Fsp3) is 0.0667. The van der Waals surface area contributed by atoms with Gasteiger partial charge in [-0.1, -0.05) is 30.3 Å². The largest absolute Gasteiger partial charge is 0.287 e. The van der Waals surface area contributed by atoms with Crippen LogP contribution in [-0.4, -0.2) is 20.7 Å². The maximum Gasteiger partial charge on any atom is 0.211 e. The van der Waals surface area contributed by atoms with Crippen molar-refractivity contribution < 1.29 is 4.79 Å². The quantitative estimate of drug-likeness (QED) is 0.692. The molecule has 0 bridgehead atoms. The van der Waals surface area contributed by atoms with Crippen LogP contribution in [0.4, 0.5) is 0 Å². The molecule has 0 aliphatic rings. The first kappa shape index (κ1) is 12.6. The second kappa shape index (κ2) is 5.30. The first-order chi connectivity index (χ1) is 9.74. The summed E-state index contributed by atoms with van der Waals surface area (Å²) in [6, 6.07) is 10.7. The third-order valence-corrected chi connectivity index (χ3v) is 3.69. The van der Waals surface area contributed by atoms with E-state index in [1.807, 2.05) is 30.5 Å². The van der Waals surface area contributed by atoms with E-state index in [0.29, 0.717) is 17.1 Å². The number of rotatable bonds is 3. The van der Waals surface area contributed by atoms with Gasteiger partial charge in [-0.15, -0.1) is 11.3 Å². The van der Waals surface area contributed by atoms with E-state index in [2.05, 4.69) is 15.0 Å². The molecule has 0 amide bonds. The summed E-state index contributed by atoms with van der Waals surface area (Å²) < 4.78 is 0. The van der Waals surface area contributed by atoms with Crippen LogP contribution in [0.25, 0.3) is 10.8 Å². The summed E-state index contributed by atoms with van der Waals surface area (Å²) >= 11 is 1.47. The van der Waals surface area contributed by atoms with Crippen molar-refractivity contribution >= 4 is 17.1 Å². The number of carbonyl (C=O) groups is 1. The molecule has 0 radical (unpaired) electrons. The average molecular weight is 281 g/mol. The van der Waals surface area contributed by atoms with Crippen molar-refractivity contribution in [3.63, 3.8) is 0 Å². The highest BCUT2D eigenvalue weighted by Gasteiger charge is 2.13. The smallest absolute Gasteiger partial charge is 0.211 e. The third-order valence-electron chi connectivity index (χ3n) is 2.73. The van der Waals surface area contributed by atoms with Crippen molar-refractivity contribution in [2.24, 2.45) is 0 Å². The Morgan fingerprint density at radius 2 is 1.90 bits per heavy atom. The van der Waals surface area contributed by atoms with Gasteiger partial charge in [0.1, 0.15) is 5.69 Å². The van der Waals surface area contributed by atoms with E-state index in [9.17, 15) is 4.79 Å². The Morgan fingerprint density at radius 1 is 1.10 bits per heavy atom. The number of carbonyl (C=O) groups excluding carboxylic acids is 1. The Bertz CT molecular complexity index is 753. The number of aromatic nitrogens is 3. The van der Waals surface area contributed by atoms with Crippen LogP contribution in [0.3, 0.4) is 0 Å². The number of ketones is 1. The standard InChI is InChI=1S/C15H11N3OS/c1-10-9-20-15(17-10)14-16-8-7-12(18-14)13(19)11-5-3-2-4-6-11/h2-9H,1H3. The minimum Gasteiger partial charge on any atom is -0.287 e. The maximum absolute atomic E-state index is 12.3. The van der Waals surface area contributed by atoms with Crippen LogP contribution in [0.1, 0.15) is 21.7 Å². The molecular formula is C15H11N3OS. The molecule has 3 aromatic rings. The van der Waals surface area contributed by atoms with Crippen LogP contribution in [-0.2, 0) is 0 Å². The lowest BCUT2D eigenvalue weighted by Gasteiger charge is -2.01. The van der Waals surface area contributed by atoms with E-state index in [1.54, 1.807) is 24.4 Å². The zero-order valence-corrected chi connectivity index (χ0v) is 11.6. The first-order valence-corrected chi connectivity index (χ1v) is 6.97. The Hall–Kier alpha value is -2.40. The SMILES string of the molecule is Cc1csc(-c2nccc(C(=O)c3ccccc3)n2)n1. The van der Waals surface area contributed by atoms with E-state index in [4.69, 9.17) is 0 Å². The molecule has 2 heterocycles. The van der Waals surface area contributed by atoms with Crippen LogP contribution in [0.15, 0.2) is 48.0 Å². The van der Waals surface area contributed by atoms with E-state index < -0.39 is 0 Å². The molecule has 0 saturated carbocycles. The maximum atomic E-state index is 12.3. The second-order valence-corrected chi connectivity index (χ2v) is 5.11. The highest BCUT2D eigenvalue weighted by atomic mass is 32.1. The van der Waals surface area contributed by atoms with Gasteiger partial charge in [0.15, 0.2) is 10.8 Å². The molecule has 2 aromatic heterocycles. The lowest BCUT2D eigenvalue weighted by molar-refractivity contribution is 0.103. The van der Waals surface area contributed by atoms with Crippen LogP contribution < -0.4 is 0 Å². The zero-order chi connectivity index (χ0) is 13.9. The summed E-state index contributed by atoms with van der Waals surface area (Å²) in [5.74, 6) is 0.382. The fourth-order valence-electron chi connectivity index (χ4n) is 1.78. The minimum atomic E-state index is -0.109. The number of nitrogens with zero attached hydrogens (tertiary/aromatic N) is 3. The van der Waals surface area contributed by atoms with Crippen molar-refractivity contribution in [3.05, 3.63) is 64.9 Å². The predicted octanol–water partition coefficient (Wildman–Crippen LogP) is 3.14. The van der Waals surface area contributed by atoms with E-state index in [-0.39, 0.29) is 5.78 Å². The lowest BCUT2D eigenvalue weighted by atomic mass is 10.1. The third kappa shape index (κ3) is 2.48. The molecule has 1 aromatic carbocycles. The highest BCUT2D eigenvalue weighted by Crippen LogP contribution is 2.20. The molecule has 98 valence electrons. The molecule has 0 N–H and O–H groups in total. The molecule has 0 aliphatic carbocycles. The Morgan fingerprint density at radius 3 is 2.60 bits per heavy atom.